The molecule has 1 aliphatic rings. The zero-order valence-corrected chi connectivity index (χ0v) is 11.9. The number of carbonyl (C=O) groups excluding carboxylic acids is 2. The van der Waals surface area contributed by atoms with Crippen LogP contribution >= 0.6 is 12.2 Å². The highest BCUT2D eigenvalue weighted by molar-refractivity contribution is 7.80. The number of hydrogen-bond donors (Lipinski definition) is 1. The number of methoxy groups -OCH3 is 1. The number of hydrogen-bond acceptors (Lipinski definition) is 4. The molecule has 0 radical (unpaired) electrons. The maximum absolute atomic E-state index is 12.3. The fourth-order valence-corrected chi connectivity index (χ4v) is 2.11. The lowest BCUT2D eigenvalue weighted by Crippen LogP contribution is -2.51. The fourth-order valence-electron chi connectivity index (χ4n) is 2.02. The number of carbonyl (C=O) groups is 2. The monoisotopic (exact) mass is 272 g/mol. The average molecular weight is 272 g/mol. The number of rotatable bonds is 3. The second kappa shape index (κ2) is 5.65. The van der Waals surface area contributed by atoms with Gasteiger partial charge in [0.25, 0.3) is 0 Å². The Bertz CT molecular complexity index is 368. The Morgan fingerprint density at radius 1 is 1.44 bits per heavy atom. The molecule has 5 nitrogen and oxygen atoms in total. The van der Waals surface area contributed by atoms with Crippen molar-refractivity contribution in [2.24, 2.45) is 17.1 Å². The Labute approximate surface area is 113 Å². The smallest absolute Gasteiger partial charge is 0.310 e. The highest BCUT2D eigenvalue weighted by atomic mass is 32.1. The van der Waals surface area contributed by atoms with Crippen molar-refractivity contribution in [2.75, 3.05) is 20.2 Å². The zero-order chi connectivity index (χ0) is 13.9. The zero-order valence-electron chi connectivity index (χ0n) is 11.1. The summed E-state index contributed by atoms with van der Waals surface area (Å²) >= 11 is 4.92. The molecule has 1 aliphatic heterocycles. The first-order valence-electron chi connectivity index (χ1n) is 5.97. The van der Waals surface area contributed by atoms with E-state index >= 15 is 0 Å². The largest absolute Gasteiger partial charge is 0.469 e. The summed E-state index contributed by atoms with van der Waals surface area (Å²) in [5.41, 5.74) is 4.72. The van der Waals surface area contributed by atoms with E-state index in [4.69, 9.17) is 22.7 Å². The van der Waals surface area contributed by atoms with Crippen LogP contribution in [0.1, 0.15) is 26.7 Å². The van der Waals surface area contributed by atoms with Gasteiger partial charge in [-0.1, -0.05) is 12.2 Å². The highest BCUT2D eigenvalue weighted by Gasteiger charge is 2.38. The molecule has 18 heavy (non-hydrogen) atoms. The Morgan fingerprint density at radius 2 is 2.06 bits per heavy atom. The lowest BCUT2D eigenvalue weighted by Gasteiger charge is -2.36. The number of nitrogens with two attached hydrogens (primary N) is 1. The molecule has 1 saturated heterocycles. The maximum atomic E-state index is 12.3. The number of piperidine rings is 1. The van der Waals surface area contributed by atoms with Crippen LogP contribution in [0.5, 0.6) is 0 Å². The van der Waals surface area contributed by atoms with Crippen LogP contribution in [0.15, 0.2) is 0 Å². The lowest BCUT2D eigenvalue weighted by atomic mass is 9.89. The van der Waals surface area contributed by atoms with Gasteiger partial charge in [-0.15, -0.1) is 0 Å². The molecule has 102 valence electrons. The Hall–Kier alpha value is -1.17. The summed E-state index contributed by atoms with van der Waals surface area (Å²) < 4.78 is 4.72. The molecule has 1 fully saturated rings. The number of likely N-dealkylation sites (tertiary alicyclic amines) is 1. The van der Waals surface area contributed by atoms with Crippen molar-refractivity contribution in [2.45, 2.75) is 26.7 Å². The van der Waals surface area contributed by atoms with E-state index in [-0.39, 0.29) is 22.8 Å². The molecule has 1 atom stereocenters. The number of nitrogens with zero attached hydrogens (tertiary/aromatic N) is 1. The SMILES string of the molecule is COC(=O)C1CCCN(C(=O)C(C)(C)C(N)=S)C1. The van der Waals surface area contributed by atoms with Crippen LogP contribution in [0.2, 0.25) is 0 Å². The van der Waals surface area contributed by atoms with Gasteiger partial charge in [0.05, 0.1) is 23.4 Å². The van der Waals surface area contributed by atoms with Crippen LogP contribution < -0.4 is 5.73 Å². The van der Waals surface area contributed by atoms with Gasteiger partial charge in [0.15, 0.2) is 0 Å². The predicted octanol–water partition coefficient (Wildman–Crippen LogP) is 0.710. The van der Waals surface area contributed by atoms with Gasteiger partial charge in [-0.25, -0.2) is 0 Å². The minimum Gasteiger partial charge on any atom is -0.469 e. The highest BCUT2D eigenvalue weighted by Crippen LogP contribution is 2.24. The molecule has 0 aliphatic carbocycles. The standard InChI is InChI=1S/C12H20N2O3S/c1-12(2,10(13)18)11(16)14-6-4-5-8(7-14)9(15)17-3/h8H,4-7H2,1-3H3,(H2,13,18). The fraction of sp³-hybridized carbons (Fsp3) is 0.750. The second-order valence-electron chi connectivity index (χ2n) is 5.10. The van der Waals surface area contributed by atoms with E-state index in [9.17, 15) is 9.59 Å². The van der Waals surface area contributed by atoms with Gasteiger partial charge in [0, 0.05) is 13.1 Å². The van der Waals surface area contributed by atoms with Crippen molar-refractivity contribution >= 4 is 29.1 Å². The molecule has 0 bridgehead atoms. The molecule has 0 spiro atoms. The van der Waals surface area contributed by atoms with Gasteiger partial charge in [-0.2, -0.15) is 0 Å². The second-order valence-corrected chi connectivity index (χ2v) is 5.54. The molecule has 1 amide bonds. The predicted molar refractivity (Wildman–Crippen MR) is 71.9 cm³/mol. The van der Waals surface area contributed by atoms with Gasteiger partial charge in [-0.3, -0.25) is 9.59 Å². The Balaban J connectivity index is 2.76. The Kier molecular flexibility index (Phi) is 4.67. The van der Waals surface area contributed by atoms with Crippen molar-refractivity contribution in [1.29, 1.82) is 0 Å². The first kappa shape index (κ1) is 14.9. The first-order chi connectivity index (χ1) is 8.30. The molecule has 0 aromatic rings. The van der Waals surface area contributed by atoms with E-state index in [1.807, 2.05) is 0 Å². The quantitative estimate of drug-likeness (QED) is 0.605. The molecular formula is C12H20N2O3S. The van der Waals surface area contributed by atoms with E-state index in [2.05, 4.69) is 0 Å². The topological polar surface area (TPSA) is 72.6 Å². The minimum absolute atomic E-state index is 0.122. The summed E-state index contributed by atoms with van der Waals surface area (Å²) in [4.78, 5) is 25.7. The van der Waals surface area contributed by atoms with Crippen molar-refractivity contribution in [3.8, 4) is 0 Å². The third kappa shape index (κ3) is 2.98. The number of ether oxygens (including phenoxy) is 1. The van der Waals surface area contributed by atoms with E-state index in [0.29, 0.717) is 13.1 Å². The number of esters is 1. The van der Waals surface area contributed by atoms with E-state index in [1.165, 1.54) is 7.11 Å². The van der Waals surface area contributed by atoms with E-state index < -0.39 is 5.41 Å². The van der Waals surface area contributed by atoms with Gasteiger partial charge in [-0.05, 0) is 26.7 Å². The van der Waals surface area contributed by atoms with Gasteiger partial charge < -0.3 is 15.4 Å². The average Bonchev–Trinajstić information content (AvgIpc) is 2.36. The van der Waals surface area contributed by atoms with Crippen LogP contribution in [-0.2, 0) is 14.3 Å². The molecule has 0 aromatic heterocycles. The summed E-state index contributed by atoms with van der Waals surface area (Å²) in [5, 5.41) is 0. The Morgan fingerprint density at radius 3 is 2.56 bits per heavy atom. The molecule has 0 saturated carbocycles. The number of thiocarbonyl (C=S) groups is 1. The van der Waals surface area contributed by atoms with Crippen LogP contribution in [0, 0.1) is 11.3 Å². The van der Waals surface area contributed by atoms with Crippen molar-refractivity contribution in [3.63, 3.8) is 0 Å². The summed E-state index contributed by atoms with van der Waals surface area (Å²) in [6.45, 7) is 4.44. The normalized spacial score (nSPS) is 20.4. The van der Waals surface area contributed by atoms with Crippen LogP contribution in [0.4, 0.5) is 0 Å². The summed E-state index contributed by atoms with van der Waals surface area (Å²) in [6, 6.07) is 0. The molecule has 1 unspecified atom stereocenters. The molecular weight excluding hydrogens is 252 g/mol. The summed E-state index contributed by atoms with van der Waals surface area (Å²) in [5.74, 6) is -0.626. The van der Waals surface area contributed by atoms with Crippen LogP contribution in [0.3, 0.4) is 0 Å². The lowest BCUT2D eigenvalue weighted by molar-refractivity contribution is -0.150. The summed E-state index contributed by atoms with van der Waals surface area (Å²) in [7, 11) is 1.36. The van der Waals surface area contributed by atoms with Gasteiger partial charge in [0.1, 0.15) is 0 Å². The number of amides is 1. The van der Waals surface area contributed by atoms with E-state index in [1.54, 1.807) is 18.7 Å². The maximum Gasteiger partial charge on any atom is 0.310 e. The minimum atomic E-state index is -0.868. The third-order valence-corrected chi connectivity index (χ3v) is 3.90. The van der Waals surface area contributed by atoms with Gasteiger partial charge >= 0.3 is 5.97 Å². The molecule has 1 heterocycles. The molecule has 0 aromatic carbocycles. The first-order valence-corrected chi connectivity index (χ1v) is 6.38. The summed E-state index contributed by atoms with van der Waals surface area (Å²) in [6.07, 6.45) is 1.54. The van der Waals surface area contributed by atoms with Crippen LogP contribution in [0.25, 0.3) is 0 Å². The molecule has 1 rings (SSSR count). The molecule has 6 heteroatoms. The third-order valence-electron chi connectivity index (χ3n) is 3.39. The van der Waals surface area contributed by atoms with Crippen molar-refractivity contribution < 1.29 is 14.3 Å². The van der Waals surface area contributed by atoms with Crippen molar-refractivity contribution in [1.82, 2.24) is 4.90 Å². The van der Waals surface area contributed by atoms with Crippen molar-refractivity contribution in [3.05, 3.63) is 0 Å². The van der Waals surface area contributed by atoms with Crippen LogP contribution in [-0.4, -0.2) is 42.0 Å². The molecule has 2 N–H and O–H groups in total. The van der Waals surface area contributed by atoms with Gasteiger partial charge in [0.2, 0.25) is 5.91 Å². The van der Waals surface area contributed by atoms with E-state index in [0.717, 1.165) is 12.8 Å².